The van der Waals surface area contributed by atoms with Crippen LogP contribution in [-0.2, 0) is 4.79 Å². The van der Waals surface area contributed by atoms with Gasteiger partial charge in [-0.1, -0.05) is 41.5 Å². The van der Waals surface area contributed by atoms with Gasteiger partial charge in [-0.05, 0) is 17.8 Å². The van der Waals surface area contributed by atoms with E-state index in [2.05, 4.69) is 46.9 Å². The Labute approximate surface area is 100 Å². The molecule has 16 heavy (non-hydrogen) atoms. The van der Waals surface area contributed by atoms with Gasteiger partial charge >= 0.3 is 0 Å². The van der Waals surface area contributed by atoms with Gasteiger partial charge in [0.15, 0.2) is 0 Å². The van der Waals surface area contributed by atoms with Crippen molar-refractivity contribution >= 4 is 5.91 Å². The molecule has 0 aromatic rings. The van der Waals surface area contributed by atoms with Crippen LogP contribution in [0.15, 0.2) is 0 Å². The fraction of sp³-hybridized carbons (Fsp3) is 0.923. The topological polar surface area (TPSA) is 55.1 Å². The molecule has 3 heteroatoms. The van der Waals surface area contributed by atoms with Crippen molar-refractivity contribution in [2.75, 3.05) is 13.1 Å². The van der Waals surface area contributed by atoms with E-state index in [1.165, 1.54) is 0 Å². The third-order valence-electron chi connectivity index (χ3n) is 3.88. The average Bonchev–Trinajstić information content (AvgIpc) is 2.08. The van der Waals surface area contributed by atoms with E-state index < -0.39 is 5.41 Å². The van der Waals surface area contributed by atoms with Crippen LogP contribution < -0.4 is 11.1 Å². The summed E-state index contributed by atoms with van der Waals surface area (Å²) in [5.41, 5.74) is 4.82. The third-order valence-corrected chi connectivity index (χ3v) is 3.88. The van der Waals surface area contributed by atoms with Gasteiger partial charge in [-0.25, -0.2) is 0 Å². The second-order valence-corrected chi connectivity index (χ2v) is 6.67. The lowest BCUT2D eigenvalue weighted by atomic mass is 9.54. The van der Waals surface area contributed by atoms with Crippen molar-refractivity contribution in [1.82, 2.24) is 5.32 Å². The van der Waals surface area contributed by atoms with Gasteiger partial charge in [0.05, 0.1) is 5.41 Å². The van der Waals surface area contributed by atoms with Crippen LogP contribution in [0.1, 0.15) is 48.5 Å². The van der Waals surface area contributed by atoms with Gasteiger partial charge in [0.2, 0.25) is 5.91 Å². The molecule has 0 spiro atoms. The summed E-state index contributed by atoms with van der Waals surface area (Å²) in [5.74, 6) is 0.0953. The summed E-state index contributed by atoms with van der Waals surface area (Å²) >= 11 is 0. The van der Waals surface area contributed by atoms with Crippen LogP contribution in [0.5, 0.6) is 0 Å². The maximum Gasteiger partial charge on any atom is 0.227 e. The van der Waals surface area contributed by atoms with Crippen LogP contribution in [0.4, 0.5) is 0 Å². The quantitative estimate of drug-likeness (QED) is 0.777. The Balaban J connectivity index is 5.19. The van der Waals surface area contributed by atoms with Crippen LogP contribution >= 0.6 is 0 Å². The van der Waals surface area contributed by atoms with Crippen molar-refractivity contribution in [3.8, 4) is 0 Å². The normalized spacial score (nSPS) is 13.8. The van der Waals surface area contributed by atoms with E-state index in [1.54, 1.807) is 0 Å². The van der Waals surface area contributed by atoms with E-state index in [9.17, 15) is 4.79 Å². The lowest BCUT2D eigenvalue weighted by Gasteiger charge is -2.49. The van der Waals surface area contributed by atoms with Crippen LogP contribution in [0.3, 0.4) is 0 Å². The van der Waals surface area contributed by atoms with Crippen LogP contribution in [0.25, 0.3) is 0 Å². The monoisotopic (exact) mass is 228 g/mol. The van der Waals surface area contributed by atoms with E-state index >= 15 is 0 Å². The van der Waals surface area contributed by atoms with Crippen LogP contribution in [0, 0.1) is 16.2 Å². The van der Waals surface area contributed by atoms with Gasteiger partial charge in [-0.3, -0.25) is 4.79 Å². The minimum Gasteiger partial charge on any atom is -0.354 e. The smallest absolute Gasteiger partial charge is 0.227 e. The highest BCUT2D eigenvalue weighted by molar-refractivity contribution is 5.83. The molecule has 0 aromatic carbocycles. The molecule has 0 radical (unpaired) electrons. The van der Waals surface area contributed by atoms with Gasteiger partial charge in [0, 0.05) is 13.1 Å². The molecule has 0 saturated carbocycles. The number of nitrogens with two attached hydrogens (primary N) is 1. The molecule has 0 unspecified atom stereocenters. The first-order chi connectivity index (χ1) is 6.98. The first-order valence-corrected chi connectivity index (χ1v) is 5.97. The molecule has 3 N–H and O–H groups in total. The molecule has 0 saturated heterocycles. The summed E-state index contributed by atoms with van der Waals surface area (Å²) in [6, 6.07) is 0. The molecule has 0 fully saturated rings. The zero-order valence-electron chi connectivity index (χ0n) is 11.9. The average molecular weight is 228 g/mol. The molecule has 0 bridgehead atoms. The molecular weight excluding hydrogens is 200 g/mol. The number of amides is 1. The Bertz CT molecular complexity index is 232. The first kappa shape index (κ1) is 15.4. The predicted octanol–water partition coefficient (Wildman–Crippen LogP) is 2.16. The lowest BCUT2D eigenvalue weighted by molar-refractivity contribution is -0.146. The van der Waals surface area contributed by atoms with Gasteiger partial charge in [0.1, 0.15) is 0 Å². The van der Waals surface area contributed by atoms with Crippen molar-refractivity contribution in [3.05, 3.63) is 0 Å². The summed E-state index contributed by atoms with van der Waals surface area (Å²) in [4.78, 5) is 12.4. The van der Waals surface area contributed by atoms with E-state index in [-0.39, 0.29) is 16.7 Å². The molecule has 0 aliphatic rings. The van der Waals surface area contributed by atoms with Crippen molar-refractivity contribution in [2.24, 2.45) is 22.0 Å². The molecule has 3 nitrogen and oxygen atoms in total. The Morgan fingerprint density at radius 3 is 1.62 bits per heavy atom. The largest absolute Gasteiger partial charge is 0.354 e. The van der Waals surface area contributed by atoms with E-state index in [4.69, 9.17) is 5.73 Å². The molecular formula is C13H28N2O. The lowest BCUT2D eigenvalue weighted by Crippen LogP contribution is -2.55. The molecule has 0 aliphatic heterocycles. The molecule has 0 aliphatic carbocycles. The van der Waals surface area contributed by atoms with E-state index in [0.717, 1.165) is 0 Å². The number of nitrogens with one attached hydrogen (secondary N) is 1. The van der Waals surface area contributed by atoms with Gasteiger partial charge < -0.3 is 11.1 Å². The molecule has 1 amide bonds. The molecule has 96 valence electrons. The number of hydrogen-bond acceptors (Lipinski definition) is 2. The Morgan fingerprint density at radius 2 is 1.38 bits per heavy atom. The highest BCUT2D eigenvalue weighted by atomic mass is 16.2. The highest BCUT2D eigenvalue weighted by Gasteiger charge is 2.52. The maximum atomic E-state index is 12.4. The maximum absolute atomic E-state index is 12.4. The Morgan fingerprint density at radius 1 is 1.00 bits per heavy atom. The van der Waals surface area contributed by atoms with Gasteiger partial charge in [-0.2, -0.15) is 0 Å². The standard InChI is InChI=1S/C13H28N2O/c1-11(2,3)13(7,12(4,5)6)10(16)15-9-8-14/h8-9,14H2,1-7H3,(H,15,16). The molecule has 0 heterocycles. The number of rotatable bonds is 3. The molecule has 0 rings (SSSR count). The van der Waals surface area contributed by atoms with Crippen molar-refractivity contribution < 1.29 is 4.79 Å². The van der Waals surface area contributed by atoms with Gasteiger partial charge in [-0.15, -0.1) is 0 Å². The van der Waals surface area contributed by atoms with Crippen molar-refractivity contribution in [1.29, 1.82) is 0 Å². The Kier molecular flexibility index (Phi) is 4.57. The summed E-state index contributed by atoms with van der Waals surface area (Å²) in [6.07, 6.45) is 0. The Hall–Kier alpha value is -0.570. The SMILES string of the molecule is CC(C)(C)C(C)(C(=O)NCCN)C(C)(C)C. The van der Waals surface area contributed by atoms with Crippen LogP contribution in [-0.4, -0.2) is 19.0 Å². The van der Waals surface area contributed by atoms with E-state index in [0.29, 0.717) is 13.1 Å². The summed E-state index contributed by atoms with van der Waals surface area (Å²) in [6.45, 7) is 15.7. The molecule has 0 aromatic heterocycles. The highest BCUT2D eigenvalue weighted by Crippen LogP contribution is 2.51. The summed E-state index contributed by atoms with van der Waals surface area (Å²) in [5, 5.41) is 2.92. The first-order valence-electron chi connectivity index (χ1n) is 5.97. The zero-order chi connectivity index (χ0) is 13.2. The minimum absolute atomic E-state index is 0.0933. The number of hydrogen-bond donors (Lipinski definition) is 2. The fourth-order valence-electron chi connectivity index (χ4n) is 2.17. The second kappa shape index (κ2) is 4.74. The second-order valence-electron chi connectivity index (χ2n) is 6.67. The number of carbonyl (C=O) groups excluding carboxylic acids is 1. The van der Waals surface area contributed by atoms with Crippen molar-refractivity contribution in [2.45, 2.75) is 48.5 Å². The van der Waals surface area contributed by atoms with E-state index in [1.807, 2.05) is 6.92 Å². The molecule has 0 atom stereocenters. The number of carbonyl (C=O) groups is 1. The van der Waals surface area contributed by atoms with Crippen LogP contribution in [0.2, 0.25) is 0 Å². The van der Waals surface area contributed by atoms with Crippen molar-refractivity contribution in [3.63, 3.8) is 0 Å². The summed E-state index contributed by atoms with van der Waals surface area (Å²) in [7, 11) is 0. The van der Waals surface area contributed by atoms with Gasteiger partial charge in [0.25, 0.3) is 0 Å². The zero-order valence-corrected chi connectivity index (χ0v) is 11.9. The predicted molar refractivity (Wildman–Crippen MR) is 69.1 cm³/mol. The fourth-order valence-corrected chi connectivity index (χ4v) is 2.17. The minimum atomic E-state index is -0.421. The summed E-state index contributed by atoms with van der Waals surface area (Å²) < 4.78 is 0. The third kappa shape index (κ3) is 2.76.